The molecule has 6 nitrogen and oxygen atoms in total. The number of likely N-dealkylation sites (tertiary alicyclic amines) is 1. The highest BCUT2D eigenvalue weighted by molar-refractivity contribution is 5.87. The number of hydrogen-bond donors (Lipinski definition) is 1. The second-order valence-corrected chi connectivity index (χ2v) is 5.70. The Morgan fingerprint density at radius 3 is 3.00 bits per heavy atom. The van der Waals surface area contributed by atoms with Gasteiger partial charge in [0.25, 0.3) is 5.91 Å². The predicted octanol–water partition coefficient (Wildman–Crippen LogP) is 2.00. The van der Waals surface area contributed by atoms with E-state index < -0.39 is 12.0 Å². The Kier molecular flexibility index (Phi) is 4.14. The molecule has 3 rings (SSSR count). The van der Waals surface area contributed by atoms with Gasteiger partial charge in [-0.05, 0) is 43.5 Å². The van der Waals surface area contributed by atoms with E-state index in [9.17, 15) is 9.59 Å². The summed E-state index contributed by atoms with van der Waals surface area (Å²) < 4.78 is 5.64. The number of benzene rings is 1. The number of nitrogens with zero attached hydrogens (tertiary/aromatic N) is 2. The summed E-state index contributed by atoms with van der Waals surface area (Å²) in [5, 5.41) is 9.98. The summed E-state index contributed by atoms with van der Waals surface area (Å²) in [6.07, 6.45) is 2.84. The summed E-state index contributed by atoms with van der Waals surface area (Å²) in [5.74, 6) is -0.679. The minimum absolute atomic E-state index is 0.170. The first kappa shape index (κ1) is 15.3. The summed E-state index contributed by atoms with van der Waals surface area (Å²) in [4.78, 5) is 29.1. The van der Waals surface area contributed by atoms with Gasteiger partial charge in [-0.25, -0.2) is 4.79 Å². The van der Waals surface area contributed by atoms with Crippen molar-refractivity contribution >= 4 is 22.8 Å². The normalized spacial score (nSPS) is 17.4. The van der Waals surface area contributed by atoms with Crippen LogP contribution >= 0.6 is 0 Å². The lowest BCUT2D eigenvalue weighted by molar-refractivity contribution is -0.148. The minimum Gasteiger partial charge on any atom is -0.483 e. The van der Waals surface area contributed by atoms with Crippen LogP contribution in [0.25, 0.3) is 10.9 Å². The highest BCUT2D eigenvalue weighted by Crippen LogP contribution is 2.25. The van der Waals surface area contributed by atoms with Gasteiger partial charge >= 0.3 is 5.97 Å². The Hall–Kier alpha value is -2.63. The van der Waals surface area contributed by atoms with Crippen LogP contribution in [0.3, 0.4) is 0 Å². The zero-order chi connectivity index (χ0) is 16.4. The quantitative estimate of drug-likeness (QED) is 0.933. The van der Waals surface area contributed by atoms with Crippen molar-refractivity contribution in [2.24, 2.45) is 0 Å². The number of hydrogen-bond acceptors (Lipinski definition) is 4. The Balaban J connectivity index is 1.73. The highest BCUT2D eigenvalue weighted by atomic mass is 16.5. The maximum atomic E-state index is 12.2. The fourth-order valence-corrected chi connectivity index (χ4v) is 2.90. The lowest BCUT2D eigenvalue weighted by Crippen LogP contribution is -2.42. The van der Waals surface area contributed by atoms with Crippen molar-refractivity contribution in [3.05, 3.63) is 36.0 Å². The second-order valence-electron chi connectivity index (χ2n) is 5.70. The summed E-state index contributed by atoms with van der Waals surface area (Å²) >= 11 is 0. The number of carboxylic acid groups (broad SMARTS) is 1. The number of carboxylic acids is 1. The molecule has 1 aromatic heterocycles. The zero-order valence-corrected chi connectivity index (χ0v) is 12.9. The third-order valence-corrected chi connectivity index (χ3v) is 4.07. The molecule has 1 fully saturated rings. The molecular weight excluding hydrogens is 296 g/mol. The molecular formula is C17H18N2O4. The van der Waals surface area contributed by atoms with Crippen LogP contribution in [0.4, 0.5) is 0 Å². The maximum absolute atomic E-state index is 12.2. The Morgan fingerprint density at radius 1 is 1.39 bits per heavy atom. The Morgan fingerprint density at radius 2 is 2.22 bits per heavy atom. The summed E-state index contributed by atoms with van der Waals surface area (Å²) in [6, 6.07) is 6.80. The molecule has 1 atom stereocenters. The standard InChI is InChI=1S/C17H18N2O4/c1-11-4-5-12-13(9-11)18-7-6-15(12)23-10-16(20)19-8-2-3-14(19)17(21)22/h4-7,9,14H,2-3,8,10H2,1H3,(H,21,22)/t14-/m0/s1. The Bertz CT molecular complexity index is 759. The van der Waals surface area contributed by atoms with E-state index in [2.05, 4.69) is 4.98 Å². The van der Waals surface area contributed by atoms with E-state index >= 15 is 0 Å². The molecule has 1 saturated heterocycles. The van der Waals surface area contributed by atoms with E-state index in [1.165, 1.54) is 4.90 Å². The van der Waals surface area contributed by atoms with Crippen molar-refractivity contribution < 1.29 is 19.4 Å². The van der Waals surface area contributed by atoms with Gasteiger partial charge in [0.1, 0.15) is 11.8 Å². The molecule has 6 heteroatoms. The van der Waals surface area contributed by atoms with Crippen molar-refractivity contribution in [2.75, 3.05) is 13.2 Å². The number of amides is 1. The zero-order valence-electron chi connectivity index (χ0n) is 12.9. The number of aliphatic carboxylic acids is 1. The first-order chi connectivity index (χ1) is 11.1. The molecule has 0 bridgehead atoms. The van der Waals surface area contributed by atoms with E-state index in [0.29, 0.717) is 25.1 Å². The summed E-state index contributed by atoms with van der Waals surface area (Å²) in [5.41, 5.74) is 1.90. The van der Waals surface area contributed by atoms with E-state index in [4.69, 9.17) is 9.84 Å². The number of fused-ring (bicyclic) bond motifs is 1. The lowest BCUT2D eigenvalue weighted by Gasteiger charge is -2.21. The van der Waals surface area contributed by atoms with E-state index in [1.54, 1.807) is 12.3 Å². The van der Waals surface area contributed by atoms with Gasteiger partial charge in [-0.2, -0.15) is 0 Å². The minimum atomic E-state index is -0.958. The average Bonchev–Trinajstić information content (AvgIpc) is 3.02. The van der Waals surface area contributed by atoms with Gasteiger partial charge in [-0.1, -0.05) is 6.07 Å². The molecule has 1 aliphatic rings. The number of carbonyl (C=O) groups is 2. The topological polar surface area (TPSA) is 79.7 Å². The van der Waals surface area contributed by atoms with E-state index in [0.717, 1.165) is 16.5 Å². The highest BCUT2D eigenvalue weighted by Gasteiger charge is 2.33. The van der Waals surface area contributed by atoms with Gasteiger partial charge in [-0.15, -0.1) is 0 Å². The van der Waals surface area contributed by atoms with Crippen LogP contribution in [-0.4, -0.2) is 46.1 Å². The van der Waals surface area contributed by atoms with Crippen LogP contribution in [0.2, 0.25) is 0 Å². The van der Waals surface area contributed by atoms with Gasteiger partial charge in [0, 0.05) is 18.1 Å². The fraction of sp³-hybridized carbons (Fsp3) is 0.353. The van der Waals surface area contributed by atoms with Gasteiger partial charge in [0.2, 0.25) is 0 Å². The number of carbonyl (C=O) groups excluding carboxylic acids is 1. The molecule has 23 heavy (non-hydrogen) atoms. The number of rotatable bonds is 4. The average molecular weight is 314 g/mol. The van der Waals surface area contributed by atoms with Crippen molar-refractivity contribution in [2.45, 2.75) is 25.8 Å². The maximum Gasteiger partial charge on any atom is 0.326 e. The molecule has 1 N–H and O–H groups in total. The first-order valence-corrected chi connectivity index (χ1v) is 7.57. The third-order valence-electron chi connectivity index (χ3n) is 4.07. The van der Waals surface area contributed by atoms with Crippen LogP contribution in [0.15, 0.2) is 30.5 Å². The lowest BCUT2D eigenvalue weighted by atomic mass is 10.1. The molecule has 0 saturated carbocycles. The van der Waals surface area contributed by atoms with Crippen molar-refractivity contribution in [3.8, 4) is 5.75 Å². The molecule has 1 aliphatic heterocycles. The number of aryl methyl sites for hydroxylation is 1. The van der Waals surface area contributed by atoms with Gasteiger partial charge in [0.05, 0.1) is 5.52 Å². The van der Waals surface area contributed by atoms with Gasteiger partial charge in [-0.3, -0.25) is 9.78 Å². The van der Waals surface area contributed by atoms with Crippen LogP contribution in [0, 0.1) is 6.92 Å². The predicted molar refractivity (Wildman–Crippen MR) is 84.3 cm³/mol. The SMILES string of the molecule is Cc1ccc2c(OCC(=O)N3CCC[C@H]3C(=O)O)ccnc2c1. The van der Waals surface area contributed by atoms with Crippen molar-refractivity contribution in [1.82, 2.24) is 9.88 Å². The molecule has 0 unspecified atom stereocenters. The van der Waals surface area contributed by atoms with Crippen LogP contribution in [0.5, 0.6) is 5.75 Å². The van der Waals surface area contributed by atoms with Crippen LogP contribution < -0.4 is 4.74 Å². The fourth-order valence-electron chi connectivity index (χ4n) is 2.90. The van der Waals surface area contributed by atoms with Crippen molar-refractivity contribution in [3.63, 3.8) is 0 Å². The molecule has 2 aromatic rings. The van der Waals surface area contributed by atoms with Gasteiger partial charge in [0.15, 0.2) is 6.61 Å². The first-order valence-electron chi connectivity index (χ1n) is 7.57. The van der Waals surface area contributed by atoms with E-state index in [-0.39, 0.29) is 12.5 Å². The molecule has 2 heterocycles. The number of aromatic nitrogens is 1. The van der Waals surface area contributed by atoms with Crippen LogP contribution in [-0.2, 0) is 9.59 Å². The van der Waals surface area contributed by atoms with Crippen molar-refractivity contribution in [1.29, 1.82) is 0 Å². The molecule has 0 spiro atoms. The summed E-state index contributed by atoms with van der Waals surface area (Å²) in [6.45, 7) is 2.28. The van der Waals surface area contributed by atoms with Crippen LogP contribution in [0.1, 0.15) is 18.4 Å². The Labute approximate surface area is 133 Å². The van der Waals surface area contributed by atoms with E-state index in [1.807, 2.05) is 25.1 Å². The molecule has 0 aliphatic carbocycles. The monoisotopic (exact) mass is 314 g/mol. The third kappa shape index (κ3) is 3.11. The number of pyridine rings is 1. The molecule has 0 radical (unpaired) electrons. The largest absolute Gasteiger partial charge is 0.483 e. The summed E-state index contributed by atoms with van der Waals surface area (Å²) in [7, 11) is 0. The molecule has 120 valence electrons. The van der Waals surface area contributed by atoms with Gasteiger partial charge < -0.3 is 14.7 Å². The second kappa shape index (κ2) is 6.24. The smallest absolute Gasteiger partial charge is 0.326 e. The molecule has 1 amide bonds. The number of ether oxygens (including phenoxy) is 1. The molecule has 1 aromatic carbocycles.